The molecule has 7 heteroatoms. The van der Waals surface area contributed by atoms with Crippen molar-refractivity contribution in [3.8, 4) is 5.75 Å². The molecule has 2 aromatic carbocycles. The highest BCUT2D eigenvalue weighted by atomic mass is 35.5. The van der Waals surface area contributed by atoms with Gasteiger partial charge in [0.15, 0.2) is 0 Å². The number of alkyl halides is 1. The molecule has 0 aliphatic carbocycles. The minimum Gasteiger partial charge on any atom is -0.465 e. The molecule has 0 aromatic heterocycles. The number of para-hydroxylation sites is 1. The topological polar surface area (TPSA) is 70.1 Å². The van der Waals surface area contributed by atoms with Gasteiger partial charge in [-0.15, -0.1) is 11.6 Å². The highest BCUT2D eigenvalue weighted by molar-refractivity contribution is 6.18. The molecule has 0 spiro atoms. The fourth-order valence-corrected chi connectivity index (χ4v) is 2.62. The van der Waals surface area contributed by atoms with E-state index in [-0.39, 0.29) is 18.2 Å². The first kappa shape index (κ1) is 19.6. The first-order chi connectivity index (χ1) is 12.6. The minimum absolute atomic E-state index is 0.139. The van der Waals surface area contributed by atoms with E-state index in [1.54, 1.807) is 23.1 Å². The quantitative estimate of drug-likeness (QED) is 0.703. The Morgan fingerprint density at radius 2 is 1.69 bits per heavy atom. The van der Waals surface area contributed by atoms with E-state index in [0.29, 0.717) is 12.2 Å². The van der Waals surface area contributed by atoms with Gasteiger partial charge in [0.05, 0.1) is 5.69 Å². The first-order valence-electron chi connectivity index (χ1n) is 8.27. The van der Waals surface area contributed by atoms with Crippen LogP contribution in [0.25, 0.3) is 0 Å². The molecule has 0 atom stereocenters. The standard InChI is InChI=1S/C19H21ClN2O4/c1-2-12-22(15-7-4-3-5-8-15)19(25)26-17-10-6-9-16(14-17)21(13-11-20)18(23)24/h3-10,14H,2,11-13H2,1H3,(H,23,24). The van der Waals surface area contributed by atoms with E-state index in [2.05, 4.69) is 0 Å². The van der Waals surface area contributed by atoms with Crippen LogP contribution in [0.5, 0.6) is 5.75 Å². The molecule has 6 nitrogen and oxygen atoms in total. The summed E-state index contributed by atoms with van der Waals surface area (Å²) < 4.78 is 5.47. The van der Waals surface area contributed by atoms with Gasteiger partial charge in [0.25, 0.3) is 0 Å². The highest BCUT2D eigenvalue weighted by Crippen LogP contribution is 2.23. The molecule has 2 rings (SSSR count). The van der Waals surface area contributed by atoms with Gasteiger partial charge in [0.2, 0.25) is 0 Å². The Hall–Kier alpha value is -2.73. The molecule has 0 fully saturated rings. The third kappa shape index (κ3) is 5.13. The van der Waals surface area contributed by atoms with Gasteiger partial charge in [0, 0.05) is 30.7 Å². The summed E-state index contributed by atoms with van der Waals surface area (Å²) >= 11 is 5.66. The summed E-state index contributed by atoms with van der Waals surface area (Å²) in [5.41, 5.74) is 1.13. The van der Waals surface area contributed by atoms with Crippen LogP contribution in [0.15, 0.2) is 54.6 Å². The van der Waals surface area contributed by atoms with E-state index in [4.69, 9.17) is 16.3 Å². The molecule has 26 heavy (non-hydrogen) atoms. The number of ether oxygens (including phenoxy) is 1. The van der Waals surface area contributed by atoms with Crippen LogP contribution >= 0.6 is 11.6 Å². The highest BCUT2D eigenvalue weighted by Gasteiger charge is 2.19. The molecule has 0 bridgehead atoms. The van der Waals surface area contributed by atoms with Gasteiger partial charge in [-0.1, -0.05) is 31.2 Å². The van der Waals surface area contributed by atoms with Crippen molar-refractivity contribution in [2.24, 2.45) is 0 Å². The second-order valence-corrected chi connectivity index (χ2v) is 5.85. The lowest BCUT2D eigenvalue weighted by Gasteiger charge is -2.22. The van der Waals surface area contributed by atoms with Crippen molar-refractivity contribution in [1.82, 2.24) is 0 Å². The lowest BCUT2D eigenvalue weighted by molar-refractivity contribution is 0.202. The van der Waals surface area contributed by atoms with Gasteiger partial charge in [-0.05, 0) is 30.7 Å². The van der Waals surface area contributed by atoms with Gasteiger partial charge in [-0.25, -0.2) is 9.59 Å². The Labute approximate surface area is 157 Å². The van der Waals surface area contributed by atoms with E-state index in [1.807, 2.05) is 37.3 Å². The number of nitrogens with zero attached hydrogens (tertiary/aromatic N) is 2. The average Bonchev–Trinajstić information content (AvgIpc) is 2.64. The summed E-state index contributed by atoms with van der Waals surface area (Å²) in [6.45, 7) is 2.62. The van der Waals surface area contributed by atoms with Gasteiger partial charge >= 0.3 is 12.2 Å². The van der Waals surface area contributed by atoms with Crippen molar-refractivity contribution in [3.05, 3.63) is 54.6 Å². The SMILES string of the molecule is CCCN(C(=O)Oc1cccc(N(CCCl)C(=O)O)c1)c1ccccc1. The zero-order valence-electron chi connectivity index (χ0n) is 14.5. The molecule has 0 aliphatic rings. The van der Waals surface area contributed by atoms with Crippen molar-refractivity contribution in [1.29, 1.82) is 0 Å². The largest absolute Gasteiger partial charge is 0.465 e. The lowest BCUT2D eigenvalue weighted by atomic mass is 10.2. The third-order valence-electron chi connectivity index (χ3n) is 3.61. The Kier molecular flexibility index (Phi) is 7.29. The zero-order chi connectivity index (χ0) is 18.9. The number of amides is 2. The van der Waals surface area contributed by atoms with Crippen LogP contribution < -0.4 is 14.5 Å². The molecule has 2 amide bonds. The van der Waals surface area contributed by atoms with Crippen LogP contribution in [0.1, 0.15) is 13.3 Å². The third-order valence-corrected chi connectivity index (χ3v) is 3.78. The lowest BCUT2D eigenvalue weighted by Crippen LogP contribution is -2.34. The van der Waals surface area contributed by atoms with Gasteiger partial charge in [-0.3, -0.25) is 9.80 Å². The van der Waals surface area contributed by atoms with Crippen LogP contribution in [-0.2, 0) is 0 Å². The predicted molar refractivity (Wildman–Crippen MR) is 103 cm³/mol. The van der Waals surface area contributed by atoms with Crippen LogP contribution in [0.4, 0.5) is 21.0 Å². The van der Waals surface area contributed by atoms with Crippen molar-refractivity contribution in [2.75, 3.05) is 28.8 Å². The number of hydrogen-bond donors (Lipinski definition) is 1. The Bertz CT molecular complexity index is 739. The maximum absolute atomic E-state index is 12.6. The van der Waals surface area contributed by atoms with E-state index in [9.17, 15) is 14.7 Å². The second kappa shape index (κ2) is 9.68. The molecule has 1 N–H and O–H groups in total. The molecular formula is C19H21ClN2O4. The van der Waals surface area contributed by atoms with Gasteiger partial charge in [0.1, 0.15) is 5.75 Å². The van der Waals surface area contributed by atoms with E-state index in [0.717, 1.165) is 17.0 Å². The summed E-state index contributed by atoms with van der Waals surface area (Å²) in [7, 11) is 0. The second-order valence-electron chi connectivity index (χ2n) is 5.48. The molecule has 2 aromatic rings. The Morgan fingerprint density at radius 3 is 2.31 bits per heavy atom. The van der Waals surface area contributed by atoms with Crippen molar-refractivity contribution < 1.29 is 19.4 Å². The van der Waals surface area contributed by atoms with Crippen LogP contribution in [-0.4, -0.2) is 36.3 Å². The number of carbonyl (C=O) groups excluding carboxylic acids is 1. The summed E-state index contributed by atoms with van der Waals surface area (Å²) in [5.74, 6) is 0.430. The molecule has 0 unspecified atom stereocenters. The van der Waals surface area contributed by atoms with E-state index in [1.165, 1.54) is 6.07 Å². The van der Waals surface area contributed by atoms with E-state index < -0.39 is 12.2 Å². The van der Waals surface area contributed by atoms with Crippen LogP contribution in [0.3, 0.4) is 0 Å². The maximum Gasteiger partial charge on any atom is 0.419 e. The average molecular weight is 377 g/mol. The van der Waals surface area contributed by atoms with Crippen molar-refractivity contribution in [3.63, 3.8) is 0 Å². The minimum atomic E-state index is -1.12. The van der Waals surface area contributed by atoms with Crippen LogP contribution in [0.2, 0.25) is 0 Å². The Morgan fingerprint density at radius 1 is 1.00 bits per heavy atom. The molecular weight excluding hydrogens is 356 g/mol. The van der Waals surface area contributed by atoms with E-state index >= 15 is 0 Å². The first-order valence-corrected chi connectivity index (χ1v) is 8.81. The number of carboxylic acid groups (broad SMARTS) is 1. The molecule has 0 aliphatic heterocycles. The predicted octanol–water partition coefficient (Wildman–Crippen LogP) is 4.83. The fraction of sp³-hybridized carbons (Fsp3) is 0.263. The number of anilines is 2. The number of halogens is 1. The van der Waals surface area contributed by atoms with Crippen molar-refractivity contribution in [2.45, 2.75) is 13.3 Å². The zero-order valence-corrected chi connectivity index (χ0v) is 15.2. The fourth-order valence-electron chi connectivity index (χ4n) is 2.45. The molecule has 0 heterocycles. The monoisotopic (exact) mass is 376 g/mol. The summed E-state index contributed by atoms with van der Waals surface area (Å²) in [4.78, 5) is 26.6. The molecule has 138 valence electrons. The number of benzene rings is 2. The smallest absolute Gasteiger partial charge is 0.419 e. The number of rotatable bonds is 7. The Balaban J connectivity index is 2.19. The summed E-state index contributed by atoms with van der Waals surface area (Å²) in [5, 5.41) is 9.29. The van der Waals surface area contributed by atoms with Crippen LogP contribution in [0, 0.1) is 0 Å². The molecule has 0 saturated heterocycles. The van der Waals surface area contributed by atoms with Gasteiger partial charge < -0.3 is 9.84 Å². The number of carbonyl (C=O) groups is 2. The molecule has 0 saturated carbocycles. The molecule has 0 radical (unpaired) electrons. The maximum atomic E-state index is 12.6. The van der Waals surface area contributed by atoms with Crippen molar-refractivity contribution >= 4 is 35.2 Å². The summed E-state index contributed by atoms with van der Waals surface area (Å²) in [6, 6.07) is 15.6. The normalized spacial score (nSPS) is 10.2. The number of hydrogen-bond acceptors (Lipinski definition) is 3. The summed E-state index contributed by atoms with van der Waals surface area (Å²) in [6.07, 6.45) is -0.868. The van der Waals surface area contributed by atoms with Gasteiger partial charge in [-0.2, -0.15) is 0 Å².